The Bertz CT molecular complexity index is 505. The van der Waals surface area contributed by atoms with E-state index in [9.17, 15) is 4.79 Å². The molecule has 1 heterocycles. The number of carbonyl (C=O) groups excluding carboxylic acids is 1. The molecule has 0 aliphatic heterocycles. The molecule has 0 fully saturated rings. The summed E-state index contributed by atoms with van der Waals surface area (Å²) in [5.41, 5.74) is 6.77. The van der Waals surface area contributed by atoms with Crippen LogP contribution in [0.3, 0.4) is 0 Å². The molecular formula is C11H9NOS2. The number of rotatable bonds is 2. The van der Waals surface area contributed by atoms with Crippen LogP contribution in [0.5, 0.6) is 0 Å². The molecule has 76 valence electrons. The average molecular weight is 235 g/mol. The van der Waals surface area contributed by atoms with Crippen molar-refractivity contribution in [3.8, 4) is 10.4 Å². The van der Waals surface area contributed by atoms with Gasteiger partial charge in [0.2, 0.25) is 5.91 Å². The zero-order chi connectivity index (χ0) is 10.8. The minimum Gasteiger partial charge on any atom is -0.366 e. The van der Waals surface area contributed by atoms with Crippen LogP contribution >= 0.6 is 24.0 Å². The van der Waals surface area contributed by atoms with Crippen LogP contribution in [0.2, 0.25) is 0 Å². The molecule has 0 aliphatic rings. The highest BCUT2D eigenvalue weighted by Crippen LogP contribution is 2.31. The minimum absolute atomic E-state index is 0.394. The molecule has 4 heteroatoms. The van der Waals surface area contributed by atoms with Gasteiger partial charge in [-0.2, -0.15) is 0 Å². The quantitative estimate of drug-likeness (QED) is 0.772. The largest absolute Gasteiger partial charge is 0.366 e. The zero-order valence-corrected chi connectivity index (χ0v) is 9.52. The van der Waals surface area contributed by atoms with Crippen LogP contribution in [0.4, 0.5) is 0 Å². The predicted molar refractivity (Wildman–Crippen MR) is 65.5 cm³/mol. The molecule has 1 amide bonds. The minimum atomic E-state index is -0.394. The van der Waals surface area contributed by atoms with E-state index in [2.05, 4.69) is 12.6 Å². The second kappa shape index (κ2) is 4.08. The Hall–Kier alpha value is -1.26. The Balaban J connectivity index is 2.46. The highest BCUT2D eigenvalue weighted by molar-refractivity contribution is 7.80. The van der Waals surface area contributed by atoms with E-state index >= 15 is 0 Å². The third-order valence-corrected chi connectivity index (χ3v) is 3.41. The molecule has 0 saturated carbocycles. The van der Waals surface area contributed by atoms with Gasteiger partial charge in [-0.05, 0) is 12.1 Å². The van der Waals surface area contributed by atoms with Gasteiger partial charge in [0.05, 0.1) is 5.56 Å². The van der Waals surface area contributed by atoms with Crippen LogP contribution in [0.15, 0.2) is 40.6 Å². The fraction of sp³-hybridized carbons (Fsp3) is 0. The number of thiol groups is 1. The maximum Gasteiger partial charge on any atom is 0.249 e. The Labute approximate surface area is 97.2 Å². The second-order valence-electron chi connectivity index (χ2n) is 3.08. The molecule has 2 N–H and O–H groups in total. The van der Waals surface area contributed by atoms with Gasteiger partial charge in [-0.1, -0.05) is 18.2 Å². The van der Waals surface area contributed by atoms with Crippen LogP contribution in [-0.2, 0) is 0 Å². The van der Waals surface area contributed by atoms with E-state index in [1.165, 1.54) is 11.3 Å². The van der Waals surface area contributed by atoms with Gasteiger partial charge in [-0.3, -0.25) is 4.79 Å². The summed E-state index contributed by atoms with van der Waals surface area (Å²) in [4.78, 5) is 12.8. The molecule has 2 nitrogen and oxygen atoms in total. The van der Waals surface area contributed by atoms with Crippen molar-refractivity contribution >= 4 is 29.9 Å². The van der Waals surface area contributed by atoms with Crippen LogP contribution in [0, 0.1) is 0 Å². The summed E-state index contributed by atoms with van der Waals surface area (Å²) in [7, 11) is 0. The lowest BCUT2D eigenvalue weighted by Crippen LogP contribution is -2.08. The van der Waals surface area contributed by atoms with Gasteiger partial charge < -0.3 is 5.73 Å². The van der Waals surface area contributed by atoms with Gasteiger partial charge in [0.1, 0.15) is 0 Å². The molecule has 0 spiro atoms. The maximum absolute atomic E-state index is 10.9. The topological polar surface area (TPSA) is 43.1 Å². The van der Waals surface area contributed by atoms with E-state index in [-0.39, 0.29) is 0 Å². The Kier molecular flexibility index (Phi) is 2.79. The molecule has 0 bridgehead atoms. The van der Waals surface area contributed by atoms with Gasteiger partial charge in [-0.25, -0.2) is 0 Å². The van der Waals surface area contributed by atoms with Crippen LogP contribution in [0.25, 0.3) is 10.4 Å². The first-order chi connectivity index (χ1) is 7.18. The van der Waals surface area contributed by atoms with Crippen LogP contribution in [-0.4, -0.2) is 5.91 Å². The van der Waals surface area contributed by atoms with Crippen molar-refractivity contribution in [2.45, 2.75) is 4.90 Å². The van der Waals surface area contributed by atoms with Gasteiger partial charge in [0.25, 0.3) is 0 Å². The lowest BCUT2D eigenvalue weighted by atomic mass is 10.1. The normalized spacial score (nSPS) is 10.2. The van der Waals surface area contributed by atoms with Crippen molar-refractivity contribution < 1.29 is 4.79 Å². The fourth-order valence-electron chi connectivity index (χ4n) is 1.29. The summed E-state index contributed by atoms with van der Waals surface area (Å²) in [5, 5.41) is 1.76. The number of nitrogens with two attached hydrogens (primary N) is 1. The molecule has 1 aromatic carbocycles. The second-order valence-corrected chi connectivity index (χ2v) is 4.47. The van der Waals surface area contributed by atoms with Gasteiger partial charge in [0.15, 0.2) is 0 Å². The van der Waals surface area contributed by atoms with Gasteiger partial charge in [-0.15, -0.1) is 24.0 Å². The van der Waals surface area contributed by atoms with E-state index in [0.717, 1.165) is 15.3 Å². The molecular weight excluding hydrogens is 226 g/mol. The van der Waals surface area contributed by atoms with E-state index in [1.54, 1.807) is 11.4 Å². The molecule has 0 atom stereocenters. The Morgan fingerprint density at radius 2 is 2.07 bits per heavy atom. The first-order valence-electron chi connectivity index (χ1n) is 4.35. The van der Waals surface area contributed by atoms with Crippen molar-refractivity contribution in [3.63, 3.8) is 0 Å². The summed E-state index contributed by atoms with van der Waals surface area (Å²) in [6.45, 7) is 0. The van der Waals surface area contributed by atoms with E-state index in [1.807, 2.05) is 24.3 Å². The number of thiophene rings is 1. The SMILES string of the molecule is NC(=O)c1csc(-c2ccccc2S)c1. The summed E-state index contributed by atoms with van der Waals surface area (Å²) >= 11 is 5.86. The average Bonchev–Trinajstić information content (AvgIpc) is 2.67. The monoisotopic (exact) mass is 235 g/mol. The highest BCUT2D eigenvalue weighted by Gasteiger charge is 2.07. The third kappa shape index (κ3) is 2.06. The van der Waals surface area contributed by atoms with Crippen molar-refractivity contribution in [2.24, 2.45) is 5.73 Å². The summed E-state index contributed by atoms with van der Waals surface area (Å²) < 4.78 is 0. The van der Waals surface area contributed by atoms with Gasteiger partial charge in [0, 0.05) is 20.7 Å². The first-order valence-corrected chi connectivity index (χ1v) is 5.68. The Morgan fingerprint density at radius 3 is 2.67 bits per heavy atom. The van der Waals surface area contributed by atoms with E-state index < -0.39 is 5.91 Å². The Morgan fingerprint density at radius 1 is 1.33 bits per heavy atom. The highest BCUT2D eigenvalue weighted by atomic mass is 32.1. The molecule has 1 aromatic heterocycles. The van der Waals surface area contributed by atoms with Crippen LogP contribution in [0.1, 0.15) is 10.4 Å². The van der Waals surface area contributed by atoms with E-state index in [4.69, 9.17) is 5.73 Å². The number of primary amides is 1. The number of hydrogen-bond acceptors (Lipinski definition) is 3. The molecule has 0 unspecified atom stereocenters. The number of carbonyl (C=O) groups is 1. The third-order valence-electron chi connectivity index (χ3n) is 2.05. The molecule has 0 saturated heterocycles. The summed E-state index contributed by atoms with van der Waals surface area (Å²) in [5.74, 6) is -0.394. The summed E-state index contributed by atoms with van der Waals surface area (Å²) in [6.07, 6.45) is 0. The molecule has 2 aromatic rings. The first kappa shape index (κ1) is 10.3. The van der Waals surface area contributed by atoms with Crippen LogP contribution < -0.4 is 5.73 Å². The molecule has 15 heavy (non-hydrogen) atoms. The number of amides is 1. The standard InChI is InChI=1S/C11H9NOS2/c12-11(13)7-5-10(15-6-7)8-3-1-2-4-9(8)14/h1-6,14H,(H2,12,13). The fourth-order valence-corrected chi connectivity index (χ4v) is 2.58. The molecule has 2 rings (SSSR count). The summed E-state index contributed by atoms with van der Waals surface area (Å²) in [6, 6.07) is 9.55. The predicted octanol–water partition coefficient (Wildman–Crippen LogP) is 2.80. The van der Waals surface area contributed by atoms with E-state index in [0.29, 0.717) is 5.56 Å². The zero-order valence-electron chi connectivity index (χ0n) is 7.81. The molecule has 0 aliphatic carbocycles. The smallest absolute Gasteiger partial charge is 0.249 e. The molecule has 0 radical (unpaired) electrons. The van der Waals surface area contributed by atoms with Crippen molar-refractivity contribution in [1.82, 2.24) is 0 Å². The lowest BCUT2D eigenvalue weighted by molar-refractivity contribution is 0.100. The lowest BCUT2D eigenvalue weighted by Gasteiger charge is -2.00. The van der Waals surface area contributed by atoms with Crippen molar-refractivity contribution in [2.75, 3.05) is 0 Å². The maximum atomic E-state index is 10.9. The van der Waals surface area contributed by atoms with Crippen molar-refractivity contribution in [1.29, 1.82) is 0 Å². The van der Waals surface area contributed by atoms with Crippen molar-refractivity contribution in [3.05, 3.63) is 41.3 Å². The number of hydrogen-bond donors (Lipinski definition) is 2. The van der Waals surface area contributed by atoms with Gasteiger partial charge >= 0.3 is 0 Å². The number of benzene rings is 1.